The molecule has 3 atom stereocenters. The monoisotopic (exact) mass is 361 g/mol. The molecule has 0 spiro atoms. The third kappa shape index (κ3) is 3.21. The normalized spacial score (nSPS) is 18.2. The number of H-pyrrole nitrogens is 1. The molecule has 1 aliphatic heterocycles. The Labute approximate surface area is 158 Å². The number of amides is 1. The molecule has 2 heterocycles. The van der Waals surface area contributed by atoms with Crippen LogP contribution in [0, 0.1) is 0 Å². The first kappa shape index (κ1) is 17.3. The van der Waals surface area contributed by atoms with Gasteiger partial charge in [0.15, 0.2) is 12.6 Å². The standard InChI is InChI=1S/C22H23N3O2/c1-15(17-8-4-3-5-9-17)22(26)25(21-13-23-14-27-21)16(2)19-12-24-20-11-7-6-10-18(19)20/h3-12,14-16,21,24H,13H2,1-2H3/t15-,16+,21-/m0/s1. The maximum atomic E-state index is 13.5. The molecule has 1 N–H and O–H groups in total. The molecule has 0 aliphatic carbocycles. The highest BCUT2D eigenvalue weighted by Crippen LogP contribution is 2.33. The van der Waals surface area contributed by atoms with Crippen LogP contribution in [0.4, 0.5) is 0 Å². The minimum atomic E-state index is -0.382. The van der Waals surface area contributed by atoms with Gasteiger partial charge in [0.1, 0.15) is 0 Å². The first-order chi connectivity index (χ1) is 13.2. The Morgan fingerprint density at radius 1 is 1.15 bits per heavy atom. The highest BCUT2D eigenvalue weighted by atomic mass is 16.5. The fourth-order valence-electron chi connectivity index (χ4n) is 3.72. The summed E-state index contributed by atoms with van der Waals surface area (Å²) in [4.78, 5) is 22.8. The largest absolute Gasteiger partial charge is 0.458 e. The molecule has 0 saturated carbocycles. The molecule has 1 amide bonds. The van der Waals surface area contributed by atoms with Gasteiger partial charge in [-0.3, -0.25) is 14.7 Å². The molecular formula is C22H23N3O2. The zero-order valence-corrected chi connectivity index (χ0v) is 15.5. The number of ether oxygens (including phenoxy) is 1. The van der Waals surface area contributed by atoms with Gasteiger partial charge in [-0.25, -0.2) is 0 Å². The third-order valence-electron chi connectivity index (χ3n) is 5.28. The van der Waals surface area contributed by atoms with Gasteiger partial charge < -0.3 is 9.72 Å². The third-order valence-corrected chi connectivity index (χ3v) is 5.28. The number of para-hydroxylation sites is 1. The predicted molar refractivity (Wildman–Crippen MR) is 107 cm³/mol. The smallest absolute Gasteiger partial charge is 0.233 e. The number of hydrogen-bond acceptors (Lipinski definition) is 3. The number of carbonyl (C=O) groups excluding carboxylic acids is 1. The molecule has 4 rings (SSSR count). The van der Waals surface area contributed by atoms with Crippen molar-refractivity contribution in [3.63, 3.8) is 0 Å². The van der Waals surface area contributed by atoms with Gasteiger partial charge in [0, 0.05) is 17.1 Å². The number of rotatable bonds is 5. The van der Waals surface area contributed by atoms with E-state index in [4.69, 9.17) is 4.74 Å². The molecule has 2 aromatic carbocycles. The molecular weight excluding hydrogens is 338 g/mol. The molecule has 0 unspecified atom stereocenters. The summed E-state index contributed by atoms with van der Waals surface area (Å²) in [5, 5.41) is 1.12. The number of aromatic nitrogens is 1. The van der Waals surface area contributed by atoms with Crippen molar-refractivity contribution < 1.29 is 9.53 Å². The van der Waals surface area contributed by atoms with Crippen LogP contribution in [0.2, 0.25) is 0 Å². The maximum Gasteiger partial charge on any atom is 0.233 e. The van der Waals surface area contributed by atoms with E-state index in [0.29, 0.717) is 6.54 Å². The van der Waals surface area contributed by atoms with Gasteiger partial charge in [-0.15, -0.1) is 0 Å². The number of fused-ring (bicyclic) bond motifs is 1. The minimum absolute atomic E-state index is 0.0366. The lowest BCUT2D eigenvalue weighted by Gasteiger charge is -2.35. The van der Waals surface area contributed by atoms with Crippen LogP contribution in [0.15, 0.2) is 65.8 Å². The van der Waals surface area contributed by atoms with Gasteiger partial charge in [0.05, 0.1) is 18.5 Å². The van der Waals surface area contributed by atoms with E-state index in [9.17, 15) is 4.79 Å². The van der Waals surface area contributed by atoms with Crippen LogP contribution in [0.5, 0.6) is 0 Å². The number of nitrogens with one attached hydrogen (secondary N) is 1. The number of nitrogens with zero attached hydrogens (tertiary/aromatic N) is 2. The quantitative estimate of drug-likeness (QED) is 0.739. The molecule has 5 heteroatoms. The van der Waals surface area contributed by atoms with Crippen molar-refractivity contribution in [3.05, 3.63) is 71.9 Å². The average molecular weight is 361 g/mol. The summed E-state index contributed by atoms with van der Waals surface area (Å²) >= 11 is 0. The Morgan fingerprint density at radius 3 is 2.63 bits per heavy atom. The van der Waals surface area contributed by atoms with Crippen LogP contribution in [-0.2, 0) is 9.53 Å². The van der Waals surface area contributed by atoms with E-state index < -0.39 is 0 Å². The first-order valence-corrected chi connectivity index (χ1v) is 9.23. The van der Waals surface area contributed by atoms with Gasteiger partial charge >= 0.3 is 0 Å². The minimum Gasteiger partial charge on any atom is -0.458 e. The van der Waals surface area contributed by atoms with Crippen molar-refractivity contribution >= 4 is 23.2 Å². The fourth-order valence-corrected chi connectivity index (χ4v) is 3.72. The summed E-state index contributed by atoms with van der Waals surface area (Å²) in [5.74, 6) is -0.225. The second-order valence-corrected chi connectivity index (χ2v) is 6.90. The van der Waals surface area contributed by atoms with E-state index in [0.717, 1.165) is 22.0 Å². The molecule has 5 nitrogen and oxygen atoms in total. The van der Waals surface area contributed by atoms with Gasteiger partial charge in [0.2, 0.25) is 5.91 Å². The maximum absolute atomic E-state index is 13.5. The van der Waals surface area contributed by atoms with Crippen LogP contribution < -0.4 is 0 Å². The molecule has 1 aromatic heterocycles. The predicted octanol–water partition coefficient (Wildman–Crippen LogP) is 4.25. The van der Waals surface area contributed by atoms with Crippen molar-refractivity contribution in [1.82, 2.24) is 9.88 Å². The highest BCUT2D eigenvalue weighted by Gasteiger charge is 2.35. The lowest BCUT2D eigenvalue weighted by Crippen LogP contribution is -2.45. The lowest BCUT2D eigenvalue weighted by atomic mass is 9.97. The Kier molecular flexibility index (Phi) is 4.67. The van der Waals surface area contributed by atoms with E-state index >= 15 is 0 Å². The first-order valence-electron chi connectivity index (χ1n) is 9.23. The molecule has 0 radical (unpaired) electrons. The summed E-state index contributed by atoms with van der Waals surface area (Å²) in [6.45, 7) is 4.45. The van der Waals surface area contributed by atoms with Crippen molar-refractivity contribution in [3.8, 4) is 0 Å². The topological polar surface area (TPSA) is 57.7 Å². The van der Waals surface area contributed by atoms with E-state index in [1.165, 1.54) is 6.40 Å². The zero-order valence-electron chi connectivity index (χ0n) is 15.5. The average Bonchev–Trinajstić information content (AvgIpc) is 3.38. The van der Waals surface area contributed by atoms with Crippen LogP contribution >= 0.6 is 0 Å². The van der Waals surface area contributed by atoms with Crippen LogP contribution in [-0.4, -0.2) is 35.0 Å². The van der Waals surface area contributed by atoms with E-state index in [1.54, 1.807) is 0 Å². The summed E-state index contributed by atoms with van der Waals surface area (Å²) in [6.07, 6.45) is 3.05. The number of aliphatic imine (C=N–C) groups is 1. The van der Waals surface area contributed by atoms with Crippen molar-refractivity contribution in [2.45, 2.75) is 32.0 Å². The molecule has 27 heavy (non-hydrogen) atoms. The molecule has 1 aliphatic rings. The Bertz CT molecular complexity index is 956. The molecule has 138 valence electrons. The van der Waals surface area contributed by atoms with E-state index in [-0.39, 0.29) is 24.1 Å². The highest BCUT2D eigenvalue weighted by molar-refractivity contribution is 5.87. The number of carbonyl (C=O) groups is 1. The van der Waals surface area contributed by atoms with Crippen LogP contribution in [0.25, 0.3) is 10.9 Å². The fraction of sp³-hybridized carbons (Fsp3) is 0.273. The van der Waals surface area contributed by atoms with Crippen molar-refractivity contribution in [1.29, 1.82) is 0 Å². The lowest BCUT2D eigenvalue weighted by molar-refractivity contribution is -0.143. The molecule has 3 aromatic rings. The second kappa shape index (κ2) is 7.27. The van der Waals surface area contributed by atoms with E-state index in [2.05, 4.69) is 16.0 Å². The summed E-state index contributed by atoms with van der Waals surface area (Å²) < 4.78 is 5.66. The van der Waals surface area contributed by atoms with Crippen molar-refractivity contribution in [2.24, 2.45) is 4.99 Å². The van der Waals surface area contributed by atoms with Crippen LogP contribution in [0.3, 0.4) is 0 Å². The van der Waals surface area contributed by atoms with Gasteiger partial charge in [-0.1, -0.05) is 48.5 Å². The van der Waals surface area contributed by atoms with Gasteiger partial charge in [0.25, 0.3) is 0 Å². The zero-order chi connectivity index (χ0) is 18.8. The van der Waals surface area contributed by atoms with Gasteiger partial charge in [-0.05, 0) is 31.0 Å². The van der Waals surface area contributed by atoms with Gasteiger partial charge in [-0.2, -0.15) is 0 Å². The number of hydrogen-bond donors (Lipinski definition) is 1. The Hall–Kier alpha value is -3.08. The molecule has 0 bridgehead atoms. The summed E-state index contributed by atoms with van der Waals surface area (Å²) in [6, 6.07) is 17.8. The Balaban J connectivity index is 1.69. The second-order valence-electron chi connectivity index (χ2n) is 6.90. The molecule has 0 saturated heterocycles. The summed E-state index contributed by atoms with van der Waals surface area (Å²) in [5.41, 5.74) is 3.14. The molecule has 0 fully saturated rings. The SMILES string of the molecule is C[C@H](C(=O)N([C@@H]1CN=CO1)[C@H](C)c1c[nH]c2ccccc12)c1ccccc1. The van der Waals surface area contributed by atoms with Crippen LogP contribution in [0.1, 0.15) is 36.9 Å². The number of benzene rings is 2. The summed E-state index contributed by atoms with van der Waals surface area (Å²) in [7, 11) is 0. The van der Waals surface area contributed by atoms with Crippen molar-refractivity contribution in [2.75, 3.05) is 6.54 Å². The van der Waals surface area contributed by atoms with E-state index in [1.807, 2.05) is 73.5 Å². The Morgan fingerprint density at radius 2 is 1.89 bits per heavy atom. The number of aromatic amines is 1.